The van der Waals surface area contributed by atoms with E-state index in [2.05, 4.69) is 39.3 Å². The van der Waals surface area contributed by atoms with Crippen LogP contribution in [0.4, 0.5) is 5.82 Å². The highest BCUT2D eigenvalue weighted by atomic mass is 35.5. The Labute approximate surface area is 110 Å². The normalized spacial score (nSPS) is 10.5. The molecule has 0 fully saturated rings. The van der Waals surface area contributed by atoms with Crippen molar-refractivity contribution in [3.8, 4) is 0 Å². The molecule has 0 atom stereocenters. The highest BCUT2D eigenvalue weighted by Gasteiger charge is 2.09. The third kappa shape index (κ3) is 3.17. The summed E-state index contributed by atoms with van der Waals surface area (Å²) in [6.07, 6.45) is 0. The molecule has 2 rings (SSSR count). The molecule has 0 aliphatic carbocycles. The molecule has 0 amide bonds. The van der Waals surface area contributed by atoms with Gasteiger partial charge in [-0.05, 0) is 25.3 Å². The van der Waals surface area contributed by atoms with Crippen molar-refractivity contribution in [1.29, 1.82) is 0 Å². The summed E-state index contributed by atoms with van der Waals surface area (Å²) in [5, 5.41) is 2.58. The fourth-order valence-electron chi connectivity index (χ4n) is 1.62. The Balaban J connectivity index is 2.22. The first kappa shape index (κ1) is 12.3. The largest absolute Gasteiger partial charge is 0.352 e. The monoisotopic (exact) mass is 267 g/mol. The Morgan fingerprint density at radius 3 is 2.82 bits per heavy atom. The van der Waals surface area contributed by atoms with Gasteiger partial charge in [0.2, 0.25) is 0 Å². The molecule has 0 bridgehead atoms. The molecule has 0 spiro atoms. The van der Waals surface area contributed by atoms with Crippen LogP contribution >= 0.6 is 22.9 Å². The lowest BCUT2D eigenvalue weighted by Crippen LogP contribution is -2.23. The number of hydrogen-bond donors (Lipinski definition) is 0. The van der Waals surface area contributed by atoms with Gasteiger partial charge in [0.15, 0.2) is 0 Å². The summed E-state index contributed by atoms with van der Waals surface area (Å²) in [4.78, 5) is 12.0. The Hall–Kier alpha value is -1.13. The molecule has 3 nitrogen and oxygen atoms in total. The molecule has 0 aliphatic heterocycles. The van der Waals surface area contributed by atoms with E-state index in [4.69, 9.17) is 11.6 Å². The van der Waals surface area contributed by atoms with Crippen LogP contribution in [-0.4, -0.2) is 16.5 Å². The molecule has 0 radical (unpaired) electrons. The van der Waals surface area contributed by atoms with Gasteiger partial charge in [0.05, 0.1) is 6.54 Å². The van der Waals surface area contributed by atoms with Crippen molar-refractivity contribution >= 4 is 28.8 Å². The predicted molar refractivity (Wildman–Crippen MR) is 72.8 cm³/mol. The fraction of sp³-hybridized carbons (Fsp3) is 0.333. The van der Waals surface area contributed by atoms with Crippen molar-refractivity contribution in [2.45, 2.75) is 20.4 Å². The van der Waals surface area contributed by atoms with Crippen LogP contribution in [0.15, 0.2) is 23.6 Å². The Kier molecular flexibility index (Phi) is 3.97. The summed E-state index contributed by atoms with van der Waals surface area (Å²) in [7, 11) is 0. The summed E-state index contributed by atoms with van der Waals surface area (Å²) in [6.45, 7) is 5.72. The van der Waals surface area contributed by atoms with Crippen LogP contribution in [0, 0.1) is 6.92 Å². The summed E-state index contributed by atoms with van der Waals surface area (Å²) >= 11 is 7.71. The summed E-state index contributed by atoms with van der Waals surface area (Å²) in [6, 6.07) is 6.00. The van der Waals surface area contributed by atoms with Crippen LogP contribution in [-0.2, 0) is 6.54 Å². The molecule has 5 heteroatoms. The van der Waals surface area contributed by atoms with E-state index in [1.165, 1.54) is 4.88 Å². The second-order valence-electron chi connectivity index (χ2n) is 3.69. The third-order valence-electron chi connectivity index (χ3n) is 2.43. The maximum atomic E-state index is 5.96. The zero-order valence-electron chi connectivity index (χ0n) is 9.85. The molecule has 2 aromatic heterocycles. The van der Waals surface area contributed by atoms with Crippen molar-refractivity contribution in [3.63, 3.8) is 0 Å². The minimum absolute atomic E-state index is 0.497. The number of hydrogen-bond acceptors (Lipinski definition) is 4. The smallest absolute Gasteiger partial charge is 0.134 e. The molecule has 0 unspecified atom stereocenters. The van der Waals surface area contributed by atoms with Crippen LogP contribution in [0.2, 0.25) is 5.15 Å². The van der Waals surface area contributed by atoms with Gasteiger partial charge in [-0.1, -0.05) is 17.7 Å². The molecular weight excluding hydrogens is 254 g/mol. The molecule has 2 heterocycles. The SMILES string of the molecule is CCN(Cc1cccs1)c1cc(Cl)nc(C)n1. The molecule has 0 aromatic carbocycles. The second kappa shape index (κ2) is 5.47. The van der Waals surface area contributed by atoms with E-state index in [9.17, 15) is 0 Å². The number of thiophene rings is 1. The zero-order chi connectivity index (χ0) is 12.3. The van der Waals surface area contributed by atoms with Crippen molar-refractivity contribution in [2.24, 2.45) is 0 Å². The zero-order valence-corrected chi connectivity index (χ0v) is 11.4. The van der Waals surface area contributed by atoms with Gasteiger partial charge >= 0.3 is 0 Å². The van der Waals surface area contributed by atoms with E-state index >= 15 is 0 Å². The first-order valence-electron chi connectivity index (χ1n) is 5.47. The number of halogens is 1. The number of nitrogens with zero attached hydrogens (tertiary/aromatic N) is 3. The van der Waals surface area contributed by atoms with Crippen LogP contribution in [0.25, 0.3) is 0 Å². The average Bonchev–Trinajstić information content (AvgIpc) is 2.77. The topological polar surface area (TPSA) is 29.0 Å². The molecular formula is C12H14ClN3S. The minimum atomic E-state index is 0.497. The van der Waals surface area contributed by atoms with Crippen molar-refractivity contribution in [2.75, 3.05) is 11.4 Å². The van der Waals surface area contributed by atoms with Gasteiger partial charge in [-0.2, -0.15) is 0 Å². The highest BCUT2D eigenvalue weighted by molar-refractivity contribution is 7.09. The molecule has 0 N–H and O–H groups in total. The third-order valence-corrected chi connectivity index (χ3v) is 3.48. The standard InChI is InChI=1S/C12H14ClN3S/c1-3-16(8-10-5-4-6-17-10)12-7-11(13)14-9(2)15-12/h4-7H,3,8H2,1-2H3. The van der Waals surface area contributed by atoms with E-state index in [1.54, 1.807) is 11.3 Å². The Morgan fingerprint density at radius 1 is 1.41 bits per heavy atom. The maximum absolute atomic E-state index is 5.96. The van der Waals surface area contributed by atoms with Gasteiger partial charge in [0.1, 0.15) is 16.8 Å². The molecule has 2 aromatic rings. The van der Waals surface area contributed by atoms with Gasteiger partial charge in [-0.25, -0.2) is 9.97 Å². The Morgan fingerprint density at radius 2 is 2.24 bits per heavy atom. The summed E-state index contributed by atoms with van der Waals surface area (Å²) < 4.78 is 0. The van der Waals surface area contributed by atoms with Crippen LogP contribution in [0.5, 0.6) is 0 Å². The second-order valence-corrected chi connectivity index (χ2v) is 5.11. The number of rotatable bonds is 4. The first-order chi connectivity index (χ1) is 8.19. The first-order valence-corrected chi connectivity index (χ1v) is 6.73. The molecule has 0 saturated carbocycles. The van der Waals surface area contributed by atoms with Gasteiger partial charge in [0.25, 0.3) is 0 Å². The highest BCUT2D eigenvalue weighted by Crippen LogP contribution is 2.20. The number of anilines is 1. The van der Waals surface area contributed by atoms with Crippen LogP contribution < -0.4 is 4.90 Å². The Bertz CT molecular complexity index is 464. The molecule has 0 saturated heterocycles. The predicted octanol–water partition coefficient (Wildman–Crippen LogP) is 3.53. The maximum Gasteiger partial charge on any atom is 0.134 e. The van der Waals surface area contributed by atoms with Crippen LogP contribution in [0.1, 0.15) is 17.6 Å². The molecule has 17 heavy (non-hydrogen) atoms. The van der Waals surface area contributed by atoms with Gasteiger partial charge in [-0.3, -0.25) is 0 Å². The van der Waals surface area contributed by atoms with E-state index in [0.29, 0.717) is 11.0 Å². The average molecular weight is 268 g/mol. The van der Waals surface area contributed by atoms with Crippen LogP contribution in [0.3, 0.4) is 0 Å². The summed E-state index contributed by atoms with van der Waals surface area (Å²) in [5.74, 6) is 1.59. The molecule has 90 valence electrons. The quantitative estimate of drug-likeness (QED) is 0.794. The van der Waals surface area contributed by atoms with E-state index in [0.717, 1.165) is 18.9 Å². The lowest BCUT2D eigenvalue weighted by atomic mass is 10.4. The summed E-state index contributed by atoms with van der Waals surface area (Å²) in [5.41, 5.74) is 0. The number of aryl methyl sites for hydroxylation is 1. The van der Waals surface area contributed by atoms with Crippen molar-refractivity contribution in [1.82, 2.24) is 9.97 Å². The lowest BCUT2D eigenvalue weighted by molar-refractivity contribution is 0.813. The van der Waals surface area contributed by atoms with E-state index in [-0.39, 0.29) is 0 Å². The van der Waals surface area contributed by atoms with Gasteiger partial charge in [0, 0.05) is 17.5 Å². The van der Waals surface area contributed by atoms with Gasteiger partial charge < -0.3 is 4.90 Å². The molecule has 0 aliphatic rings. The fourth-order valence-corrected chi connectivity index (χ4v) is 2.56. The van der Waals surface area contributed by atoms with E-state index < -0.39 is 0 Å². The number of aromatic nitrogens is 2. The van der Waals surface area contributed by atoms with Gasteiger partial charge in [-0.15, -0.1) is 11.3 Å². The van der Waals surface area contributed by atoms with Crippen molar-refractivity contribution in [3.05, 3.63) is 39.4 Å². The van der Waals surface area contributed by atoms with Crippen molar-refractivity contribution < 1.29 is 0 Å². The van der Waals surface area contributed by atoms with E-state index in [1.807, 2.05) is 13.0 Å². The minimum Gasteiger partial charge on any atom is -0.352 e. The lowest BCUT2D eigenvalue weighted by Gasteiger charge is -2.21.